The Labute approximate surface area is 184 Å². The van der Waals surface area contributed by atoms with Crippen LogP contribution in [0.4, 0.5) is 0 Å². The molecule has 0 unspecified atom stereocenters. The summed E-state index contributed by atoms with van der Waals surface area (Å²) in [5.74, 6) is -0.454. The summed E-state index contributed by atoms with van der Waals surface area (Å²) in [7, 11) is 0. The summed E-state index contributed by atoms with van der Waals surface area (Å²) < 4.78 is 5.00. The first-order valence-corrected chi connectivity index (χ1v) is 10.3. The van der Waals surface area contributed by atoms with E-state index in [1.165, 1.54) is 12.1 Å². The van der Waals surface area contributed by atoms with Crippen molar-refractivity contribution < 1.29 is 14.3 Å². The number of aryl methyl sites for hydroxylation is 1. The van der Waals surface area contributed by atoms with E-state index in [9.17, 15) is 14.4 Å². The lowest BCUT2D eigenvalue weighted by atomic mass is 10.1. The van der Waals surface area contributed by atoms with Crippen LogP contribution in [0.3, 0.4) is 0 Å². The van der Waals surface area contributed by atoms with Crippen molar-refractivity contribution >= 4 is 34.4 Å². The number of hydrogen-bond acceptors (Lipinski definition) is 6. The van der Waals surface area contributed by atoms with E-state index in [2.05, 4.69) is 15.0 Å². The second kappa shape index (κ2) is 9.70. The zero-order valence-corrected chi connectivity index (χ0v) is 18.3. The van der Waals surface area contributed by atoms with E-state index in [1.54, 1.807) is 36.9 Å². The number of rotatable bonds is 7. The first-order chi connectivity index (χ1) is 14.8. The number of carbonyl (C=O) groups is 2. The quantitative estimate of drug-likeness (QED) is 0.561. The average molecular weight is 443 g/mol. The lowest BCUT2D eigenvalue weighted by Gasteiger charge is -2.21. The smallest absolute Gasteiger partial charge is 0.339 e. The van der Waals surface area contributed by atoms with Crippen molar-refractivity contribution in [1.29, 1.82) is 0 Å². The fraction of sp³-hybridized carbons (Fsp3) is 0.318. The summed E-state index contributed by atoms with van der Waals surface area (Å²) in [5.41, 5.74) is 1.09. The predicted octanol–water partition coefficient (Wildman–Crippen LogP) is 3.51. The number of nitrogens with one attached hydrogen (secondary N) is 1. The molecule has 3 aromatic rings. The molecule has 1 N–H and O–H groups in total. The highest BCUT2D eigenvalue weighted by molar-refractivity contribution is 6.31. The zero-order chi connectivity index (χ0) is 22.5. The van der Waals surface area contributed by atoms with Crippen LogP contribution < -0.4 is 5.56 Å². The van der Waals surface area contributed by atoms with Crippen LogP contribution in [0.2, 0.25) is 5.02 Å². The summed E-state index contributed by atoms with van der Waals surface area (Å²) in [6, 6.07) is 7.89. The van der Waals surface area contributed by atoms with Gasteiger partial charge in [-0.05, 0) is 50.6 Å². The third-order valence-electron chi connectivity index (χ3n) is 4.64. The highest BCUT2D eigenvalue weighted by Gasteiger charge is 2.20. The van der Waals surface area contributed by atoms with Crippen molar-refractivity contribution in [3.05, 3.63) is 68.5 Å². The van der Waals surface area contributed by atoms with Crippen LogP contribution in [0.1, 0.15) is 52.6 Å². The molecule has 0 spiro atoms. The second-order valence-electron chi connectivity index (χ2n) is 6.95. The molecule has 0 fully saturated rings. The van der Waals surface area contributed by atoms with Crippen molar-refractivity contribution in [3.8, 4) is 0 Å². The summed E-state index contributed by atoms with van der Waals surface area (Å²) in [6.45, 7) is 6.12. The molecule has 2 aromatic heterocycles. The zero-order valence-electron chi connectivity index (χ0n) is 17.6. The number of esters is 1. The Morgan fingerprint density at radius 3 is 2.61 bits per heavy atom. The Bertz CT molecular complexity index is 1190. The van der Waals surface area contributed by atoms with Crippen LogP contribution in [0.5, 0.6) is 0 Å². The number of aromatic amines is 1. The van der Waals surface area contributed by atoms with Crippen molar-refractivity contribution in [3.63, 3.8) is 0 Å². The number of pyridine rings is 1. The number of H-pyrrole nitrogens is 1. The Balaban J connectivity index is 1.89. The first-order valence-electron chi connectivity index (χ1n) is 9.96. The maximum absolute atomic E-state index is 13.1. The number of nitrogens with zero attached hydrogens (tertiary/aromatic N) is 3. The first kappa shape index (κ1) is 22.4. The number of hydrogen-bond donors (Lipinski definition) is 1. The van der Waals surface area contributed by atoms with Crippen LogP contribution >= 0.6 is 11.6 Å². The molecule has 0 atom stereocenters. The normalized spacial score (nSPS) is 10.8. The van der Waals surface area contributed by atoms with Crippen molar-refractivity contribution in [2.24, 2.45) is 0 Å². The standard InChI is InChI=1S/C22H23ClN4O4/c1-4-10-27(12-19-25-18-11-14(23)6-7-16(18)20(28)26-19)21(29)17-9-8-15(13(3)24-17)22(30)31-5-2/h6-9,11H,4-5,10,12H2,1-3H3,(H,25,26,28). The number of ether oxygens (including phenoxy) is 1. The third kappa shape index (κ3) is 5.08. The Kier molecular flexibility index (Phi) is 7.02. The van der Waals surface area contributed by atoms with E-state index >= 15 is 0 Å². The van der Waals surface area contributed by atoms with Gasteiger partial charge in [-0.25, -0.2) is 14.8 Å². The second-order valence-corrected chi connectivity index (χ2v) is 7.39. The van der Waals surface area contributed by atoms with Crippen LogP contribution in [0.25, 0.3) is 10.9 Å². The molecule has 3 rings (SSSR count). The lowest BCUT2D eigenvalue weighted by Crippen LogP contribution is -2.33. The fourth-order valence-electron chi connectivity index (χ4n) is 3.21. The van der Waals surface area contributed by atoms with Crippen LogP contribution in [0, 0.1) is 6.92 Å². The van der Waals surface area contributed by atoms with Crippen molar-refractivity contribution in [2.75, 3.05) is 13.2 Å². The number of amides is 1. The summed E-state index contributed by atoms with van der Waals surface area (Å²) >= 11 is 6.02. The summed E-state index contributed by atoms with van der Waals surface area (Å²) in [6.07, 6.45) is 0.704. The van der Waals surface area contributed by atoms with Gasteiger partial charge in [0.2, 0.25) is 0 Å². The van der Waals surface area contributed by atoms with E-state index in [-0.39, 0.29) is 30.3 Å². The number of carbonyl (C=O) groups excluding carboxylic acids is 2. The highest BCUT2D eigenvalue weighted by atomic mass is 35.5. The molecule has 31 heavy (non-hydrogen) atoms. The lowest BCUT2D eigenvalue weighted by molar-refractivity contribution is 0.0524. The summed E-state index contributed by atoms with van der Waals surface area (Å²) in [5, 5.41) is 0.896. The molecule has 0 aliphatic heterocycles. The Hall–Kier alpha value is -3.26. The molecule has 162 valence electrons. The molecule has 9 heteroatoms. The van der Waals surface area contributed by atoms with E-state index in [0.717, 1.165) is 0 Å². The molecule has 0 saturated heterocycles. The van der Waals surface area contributed by atoms with Gasteiger partial charge in [-0.2, -0.15) is 0 Å². The maximum Gasteiger partial charge on any atom is 0.339 e. The largest absolute Gasteiger partial charge is 0.462 e. The van der Waals surface area contributed by atoms with E-state index in [4.69, 9.17) is 16.3 Å². The van der Waals surface area contributed by atoms with Gasteiger partial charge in [0.15, 0.2) is 0 Å². The monoisotopic (exact) mass is 442 g/mol. The summed E-state index contributed by atoms with van der Waals surface area (Å²) in [4.78, 5) is 50.5. The van der Waals surface area contributed by atoms with Gasteiger partial charge in [0.1, 0.15) is 11.5 Å². The molecule has 1 aromatic carbocycles. The molecule has 0 bridgehead atoms. The SMILES string of the molecule is CCCN(Cc1nc2cc(Cl)ccc2c(=O)[nH]1)C(=O)c1ccc(C(=O)OCC)c(C)n1. The minimum atomic E-state index is -0.478. The Morgan fingerprint density at radius 2 is 1.94 bits per heavy atom. The fourth-order valence-corrected chi connectivity index (χ4v) is 3.37. The van der Waals surface area contributed by atoms with Gasteiger partial charge < -0.3 is 14.6 Å². The van der Waals surface area contributed by atoms with Gasteiger partial charge in [0.25, 0.3) is 11.5 Å². The van der Waals surface area contributed by atoms with Crippen LogP contribution in [-0.2, 0) is 11.3 Å². The molecule has 8 nitrogen and oxygen atoms in total. The average Bonchev–Trinajstić information content (AvgIpc) is 2.72. The van der Waals surface area contributed by atoms with Gasteiger partial charge in [-0.1, -0.05) is 18.5 Å². The van der Waals surface area contributed by atoms with Crippen molar-refractivity contribution in [2.45, 2.75) is 33.7 Å². The molecule has 0 saturated carbocycles. The molecular formula is C22H23ClN4O4. The molecular weight excluding hydrogens is 420 g/mol. The molecule has 0 radical (unpaired) electrons. The minimum Gasteiger partial charge on any atom is -0.462 e. The number of fused-ring (bicyclic) bond motifs is 1. The van der Waals surface area contributed by atoms with Crippen LogP contribution in [0.15, 0.2) is 35.1 Å². The predicted molar refractivity (Wildman–Crippen MR) is 117 cm³/mol. The molecule has 1 amide bonds. The third-order valence-corrected chi connectivity index (χ3v) is 4.87. The van der Waals surface area contributed by atoms with Crippen molar-refractivity contribution in [1.82, 2.24) is 19.9 Å². The van der Waals surface area contributed by atoms with Crippen LogP contribution in [-0.4, -0.2) is 44.9 Å². The highest BCUT2D eigenvalue weighted by Crippen LogP contribution is 2.16. The number of benzene rings is 1. The van der Waals surface area contributed by atoms with E-state index in [0.29, 0.717) is 46.0 Å². The van der Waals surface area contributed by atoms with Gasteiger partial charge in [-0.3, -0.25) is 9.59 Å². The van der Waals surface area contributed by atoms with E-state index < -0.39 is 5.97 Å². The van der Waals surface area contributed by atoms with Gasteiger partial charge in [0, 0.05) is 11.6 Å². The molecule has 2 heterocycles. The molecule has 0 aliphatic carbocycles. The minimum absolute atomic E-state index is 0.102. The Morgan fingerprint density at radius 1 is 1.16 bits per heavy atom. The van der Waals surface area contributed by atoms with Gasteiger partial charge >= 0.3 is 5.97 Å². The van der Waals surface area contributed by atoms with Gasteiger partial charge in [-0.15, -0.1) is 0 Å². The maximum atomic E-state index is 13.1. The topological polar surface area (TPSA) is 105 Å². The van der Waals surface area contributed by atoms with E-state index in [1.807, 2.05) is 6.92 Å². The molecule has 0 aliphatic rings. The number of halogens is 1. The number of aromatic nitrogens is 3. The van der Waals surface area contributed by atoms with Gasteiger partial charge in [0.05, 0.1) is 35.3 Å².